The molecule has 22 heavy (non-hydrogen) atoms. The third kappa shape index (κ3) is 5.44. The lowest BCUT2D eigenvalue weighted by Crippen LogP contribution is -2.47. The maximum absolute atomic E-state index is 13.7. The summed E-state index contributed by atoms with van der Waals surface area (Å²) in [4.78, 5) is 23.7. The minimum atomic E-state index is -1.22. The van der Waals surface area contributed by atoms with E-state index in [9.17, 15) is 19.1 Å². The predicted molar refractivity (Wildman–Crippen MR) is 79.5 cm³/mol. The molecule has 6 heteroatoms. The first-order valence-electron chi connectivity index (χ1n) is 7.14. The largest absolute Gasteiger partial charge is 0.467 e. The Hall–Kier alpha value is -1.95. The number of carbonyl (C=O) groups excluding carboxylic acids is 2. The zero-order valence-corrected chi connectivity index (χ0v) is 13.0. The van der Waals surface area contributed by atoms with Crippen molar-refractivity contribution < 1.29 is 23.8 Å². The Morgan fingerprint density at radius 3 is 2.50 bits per heavy atom. The van der Waals surface area contributed by atoms with Crippen LogP contribution in [-0.2, 0) is 20.7 Å². The summed E-state index contributed by atoms with van der Waals surface area (Å²) in [5.74, 6) is -1.69. The SMILES string of the molecule is COC(=O)[C@H](Cc1ccccc1F)NC(=O)[C@H](O)CC(C)C. The van der Waals surface area contributed by atoms with E-state index < -0.39 is 29.8 Å². The standard InChI is InChI=1S/C16H22FNO4/c1-10(2)8-14(19)15(20)18-13(16(21)22-3)9-11-6-4-5-7-12(11)17/h4-7,10,13-14,19H,8-9H2,1-3H3,(H,18,20)/t13-,14+/m0/s1. The van der Waals surface area contributed by atoms with Gasteiger partial charge in [0.15, 0.2) is 0 Å². The number of amides is 1. The first kappa shape index (κ1) is 18.1. The third-order valence-corrected chi connectivity index (χ3v) is 3.18. The highest BCUT2D eigenvalue weighted by Crippen LogP contribution is 2.11. The lowest BCUT2D eigenvalue weighted by Gasteiger charge is -2.19. The fraction of sp³-hybridized carbons (Fsp3) is 0.500. The molecule has 0 bridgehead atoms. The Bertz CT molecular complexity index is 519. The Balaban J connectivity index is 2.79. The molecule has 0 heterocycles. The van der Waals surface area contributed by atoms with Crippen molar-refractivity contribution in [3.05, 3.63) is 35.6 Å². The number of methoxy groups -OCH3 is 1. The van der Waals surface area contributed by atoms with Gasteiger partial charge in [0.1, 0.15) is 18.0 Å². The van der Waals surface area contributed by atoms with Crippen LogP contribution in [-0.4, -0.2) is 36.2 Å². The first-order valence-corrected chi connectivity index (χ1v) is 7.14. The molecular formula is C16H22FNO4. The molecule has 2 N–H and O–H groups in total. The second-order valence-electron chi connectivity index (χ2n) is 5.53. The van der Waals surface area contributed by atoms with Crippen LogP contribution in [0.4, 0.5) is 4.39 Å². The van der Waals surface area contributed by atoms with E-state index in [0.717, 1.165) is 0 Å². The molecule has 1 rings (SSSR count). The van der Waals surface area contributed by atoms with Gasteiger partial charge in [-0.05, 0) is 24.0 Å². The smallest absolute Gasteiger partial charge is 0.328 e. The van der Waals surface area contributed by atoms with Gasteiger partial charge in [-0.15, -0.1) is 0 Å². The van der Waals surface area contributed by atoms with Gasteiger partial charge < -0.3 is 15.2 Å². The van der Waals surface area contributed by atoms with Crippen LogP contribution in [0.1, 0.15) is 25.8 Å². The van der Waals surface area contributed by atoms with E-state index in [1.807, 2.05) is 13.8 Å². The van der Waals surface area contributed by atoms with Crippen LogP contribution in [0.5, 0.6) is 0 Å². The molecule has 0 fully saturated rings. The van der Waals surface area contributed by atoms with Gasteiger partial charge in [-0.1, -0.05) is 32.0 Å². The Morgan fingerprint density at radius 2 is 1.95 bits per heavy atom. The van der Waals surface area contributed by atoms with E-state index >= 15 is 0 Å². The van der Waals surface area contributed by atoms with E-state index in [1.54, 1.807) is 6.07 Å². The summed E-state index contributed by atoms with van der Waals surface area (Å²) >= 11 is 0. The van der Waals surface area contributed by atoms with E-state index in [1.165, 1.54) is 25.3 Å². The summed E-state index contributed by atoms with van der Waals surface area (Å²) in [6.45, 7) is 3.74. The second kappa shape index (κ2) is 8.48. The van der Waals surface area contributed by atoms with Crippen molar-refractivity contribution in [1.82, 2.24) is 5.32 Å². The molecule has 1 aromatic carbocycles. The summed E-state index contributed by atoms with van der Waals surface area (Å²) in [7, 11) is 1.19. The summed E-state index contributed by atoms with van der Waals surface area (Å²) in [5, 5.41) is 12.2. The fourth-order valence-electron chi connectivity index (χ4n) is 2.04. The minimum Gasteiger partial charge on any atom is -0.467 e. The highest BCUT2D eigenvalue weighted by Gasteiger charge is 2.26. The molecule has 122 valence electrons. The van der Waals surface area contributed by atoms with Crippen molar-refractivity contribution in [2.24, 2.45) is 5.92 Å². The van der Waals surface area contributed by atoms with Crippen LogP contribution in [0, 0.1) is 11.7 Å². The van der Waals surface area contributed by atoms with Crippen LogP contribution in [0.3, 0.4) is 0 Å². The number of nitrogens with one attached hydrogen (secondary N) is 1. The number of benzene rings is 1. The number of esters is 1. The number of ether oxygens (including phenoxy) is 1. The molecule has 0 spiro atoms. The number of carbonyl (C=O) groups is 2. The van der Waals surface area contributed by atoms with Gasteiger partial charge >= 0.3 is 5.97 Å². The Kier molecular flexibility index (Phi) is 6.98. The zero-order valence-electron chi connectivity index (χ0n) is 13.0. The number of aliphatic hydroxyl groups is 1. The molecule has 0 saturated heterocycles. The van der Waals surface area contributed by atoms with Crippen molar-refractivity contribution in [1.29, 1.82) is 0 Å². The monoisotopic (exact) mass is 311 g/mol. The average Bonchev–Trinajstić information content (AvgIpc) is 2.47. The van der Waals surface area contributed by atoms with Crippen molar-refractivity contribution in [2.75, 3.05) is 7.11 Å². The number of hydrogen-bond donors (Lipinski definition) is 2. The summed E-state index contributed by atoms with van der Waals surface area (Å²) in [5.41, 5.74) is 0.288. The van der Waals surface area contributed by atoms with Crippen molar-refractivity contribution >= 4 is 11.9 Å². The van der Waals surface area contributed by atoms with Gasteiger partial charge in [-0.25, -0.2) is 9.18 Å². The van der Waals surface area contributed by atoms with Gasteiger partial charge in [-0.2, -0.15) is 0 Å². The maximum Gasteiger partial charge on any atom is 0.328 e. The van der Waals surface area contributed by atoms with Crippen LogP contribution < -0.4 is 5.32 Å². The molecule has 0 aliphatic heterocycles. The van der Waals surface area contributed by atoms with Gasteiger partial charge in [0, 0.05) is 6.42 Å². The molecule has 0 saturated carbocycles. The minimum absolute atomic E-state index is 0.0422. The first-order chi connectivity index (χ1) is 10.3. The lowest BCUT2D eigenvalue weighted by atomic mass is 10.0. The summed E-state index contributed by atoms with van der Waals surface area (Å²) in [6, 6.07) is 4.94. The quantitative estimate of drug-likeness (QED) is 0.747. The number of rotatable bonds is 7. The lowest BCUT2D eigenvalue weighted by molar-refractivity contribution is -0.146. The van der Waals surface area contributed by atoms with Crippen molar-refractivity contribution in [2.45, 2.75) is 38.8 Å². The summed E-state index contributed by atoms with van der Waals surface area (Å²) in [6.07, 6.45) is -0.980. The molecule has 0 radical (unpaired) electrons. The predicted octanol–water partition coefficient (Wildman–Crippen LogP) is 1.43. The molecule has 0 aliphatic rings. The van der Waals surface area contributed by atoms with Gasteiger partial charge in [0.05, 0.1) is 7.11 Å². The highest BCUT2D eigenvalue weighted by molar-refractivity contribution is 5.87. The Morgan fingerprint density at radius 1 is 1.32 bits per heavy atom. The average molecular weight is 311 g/mol. The van der Waals surface area contributed by atoms with Gasteiger partial charge in [-0.3, -0.25) is 4.79 Å². The second-order valence-corrected chi connectivity index (χ2v) is 5.53. The molecule has 2 atom stereocenters. The van der Waals surface area contributed by atoms with E-state index in [-0.39, 0.29) is 24.3 Å². The molecular weight excluding hydrogens is 289 g/mol. The maximum atomic E-state index is 13.7. The van der Waals surface area contributed by atoms with Crippen LogP contribution in [0.2, 0.25) is 0 Å². The molecule has 1 aromatic rings. The molecule has 5 nitrogen and oxygen atoms in total. The number of aliphatic hydroxyl groups excluding tert-OH is 1. The topological polar surface area (TPSA) is 75.6 Å². The number of hydrogen-bond acceptors (Lipinski definition) is 4. The van der Waals surface area contributed by atoms with Crippen LogP contribution in [0.25, 0.3) is 0 Å². The van der Waals surface area contributed by atoms with Crippen molar-refractivity contribution in [3.8, 4) is 0 Å². The van der Waals surface area contributed by atoms with Crippen molar-refractivity contribution in [3.63, 3.8) is 0 Å². The van der Waals surface area contributed by atoms with Gasteiger partial charge in [0.25, 0.3) is 0 Å². The highest BCUT2D eigenvalue weighted by atomic mass is 19.1. The van der Waals surface area contributed by atoms with E-state index in [0.29, 0.717) is 0 Å². The molecule has 1 amide bonds. The number of halogens is 1. The normalized spacial score (nSPS) is 13.5. The Labute approximate surface area is 129 Å². The fourth-order valence-corrected chi connectivity index (χ4v) is 2.04. The molecule has 0 aromatic heterocycles. The van der Waals surface area contributed by atoms with Crippen LogP contribution >= 0.6 is 0 Å². The van der Waals surface area contributed by atoms with Crippen LogP contribution in [0.15, 0.2) is 24.3 Å². The van der Waals surface area contributed by atoms with E-state index in [4.69, 9.17) is 0 Å². The van der Waals surface area contributed by atoms with Gasteiger partial charge in [0.2, 0.25) is 5.91 Å². The molecule has 0 aliphatic carbocycles. The third-order valence-electron chi connectivity index (χ3n) is 3.18. The summed E-state index contributed by atoms with van der Waals surface area (Å²) < 4.78 is 18.3. The van der Waals surface area contributed by atoms with E-state index in [2.05, 4.69) is 10.1 Å². The molecule has 0 unspecified atom stereocenters. The zero-order chi connectivity index (χ0) is 16.7.